The Kier molecular flexibility index (Phi) is 5.49. The number of carbonyl (C=O) groups excluding carboxylic acids is 2. The molecule has 0 heterocycles. The molecule has 2 aromatic carbocycles. The van der Waals surface area contributed by atoms with Gasteiger partial charge in [-0.25, -0.2) is 0 Å². The number of hydrogen-bond donors (Lipinski definition) is 2. The third-order valence-electron chi connectivity index (χ3n) is 5.12. The molecule has 0 saturated heterocycles. The zero-order valence-electron chi connectivity index (χ0n) is 16.1. The maximum Gasteiger partial charge on any atom is 0.240 e. The maximum atomic E-state index is 12.7. The van der Waals surface area contributed by atoms with Crippen LogP contribution >= 0.6 is 0 Å². The minimum Gasteiger partial charge on any atom is -0.497 e. The van der Waals surface area contributed by atoms with Crippen LogP contribution in [0, 0.1) is 19.3 Å². The first-order valence-corrected chi connectivity index (χ1v) is 9.24. The van der Waals surface area contributed by atoms with Crippen LogP contribution in [-0.4, -0.2) is 25.5 Å². The molecule has 2 N–H and O–H groups in total. The van der Waals surface area contributed by atoms with Crippen molar-refractivity contribution in [3.63, 3.8) is 0 Å². The Morgan fingerprint density at radius 1 is 1.04 bits per heavy atom. The first-order chi connectivity index (χ1) is 12.9. The molecule has 0 aliphatic heterocycles. The van der Waals surface area contributed by atoms with E-state index in [-0.39, 0.29) is 11.8 Å². The largest absolute Gasteiger partial charge is 0.497 e. The fraction of sp³-hybridized carbons (Fsp3) is 0.364. The Hall–Kier alpha value is -2.82. The molecular weight excluding hydrogens is 340 g/mol. The second-order valence-electron chi connectivity index (χ2n) is 7.21. The zero-order valence-corrected chi connectivity index (χ0v) is 16.1. The van der Waals surface area contributed by atoms with Gasteiger partial charge in [-0.3, -0.25) is 9.59 Å². The summed E-state index contributed by atoms with van der Waals surface area (Å²) in [6, 6.07) is 13.7. The first-order valence-electron chi connectivity index (χ1n) is 9.24. The molecule has 5 heteroatoms. The Labute approximate surface area is 160 Å². The topological polar surface area (TPSA) is 67.4 Å². The van der Waals surface area contributed by atoms with Crippen molar-refractivity contribution in [1.29, 1.82) is 0 Å². The van der Waals surface area contributed by atoms with Gasteiger partial charge in [0.2, 0.25) is 11.8 Å². The Bertz CT molecular complexity index is 839. The first kappa shape index (κ1) is 19.0. The van der Waals surface area contributed by atoms with Crippen molar-refractivity contribution >= 4 is 17.5 Å². The van der Waals surface area contributed by atoms with Gasteiger partial charge in [0.1, 0.15) is 11.2 Å². The van der Waals surface area contributed by atoms with Crippen LogP contribution < -0.4 is 15.4 Å². The second-order valence-corrected chi connectivity index (χ2v) is 7.21. The molecular formula is C22H26N2O3. The van der Waals surface area contributed by atoms with Crippen molar-refractivity contribution in [1.82, 2.24) is 5.32 Å². The molecule has 27 heavy (non-hydrogen) atoms. The zero-order chi connectivity index (χ0) is 19.4. The molecule has 0 spiro atoms. The van der Waals surface area contributed by atoms with Crippen molar-refractivity contribution in [2.24, 2.45) is 5.41 Å². The summed E-state index contributed by atoms with van der Waals surface area (Å²) in [5, 5.41) is 5.87. The highest BCUT2D eigenvalue weighted by Crippen LogP contribution is 2.47. The van der Waals surface area contributed by atoms with E-state index < -0.39 is 5.41 Å². The molecule has 1 aliphatic rings. The standard InChI is InChI=1S/C22H26N2O3/c1-15-4-5-16(2)19(14-15)24-21(26)22(11-12-22)20(25)23-13-10-17-6-8-18(27-3)9-7-17/h4-9,14H,10-13H2,1-3H3,(H,23,25)(H,24,26). The molecule has 5 nitrogen and oxygen atoms in total. The maximum absolute atomic E-state index is 12.7. The molecule has 1 fully saturated rings. The molecule has 1 saturated carbocycles. The lowest BCUT2D eigenvalue weighted by molar-refractivity contribution is -0.134. The summed E-state index contributed by atoms with van der Waals surface area (Å²) in [6.07, 6.45) is 1.90. The van der Waals surface area contributed by atoms with Gasteiger partial charge in [-0.05, 0) is 68.0 Å². The van der Waals surface area contributed by atoms with Gasteiger partial charge in [0.25, 0.3) is 0 Å². The van der Waals surface area contributed by atoms with Gasteiger partial charge in [-0.15, -0.1) is 0 Å². The molecule has 3 rings (SSSR count). The molecule has 0 unspecified atom stereocenters. The van der Waals surface area contributed by atoms with Gasteiger partial charge in [-0.2, -0.15) is 0 Å². The van der Waals surface area contributed by atoms with Crippen LogP contribution in [0.15, 0.2) is 42.5 Å². The van der Waals surface area contributed by atoms with E-state index in [1.54, 1.807) is 7.11 Å². The van der Waals surface area contributed by atoms with Crippen LogP contribution in [0.25, 0.3) is 0 Å². The number of ether oxygens (including phenoxy) is 1. The lowest BCUT2D eigenvalue weighted by atomic mass is 10.0. The molecule has 0 radical (unpaired) electrons. The summed E-state index contributed by atoms with van der Waals surface area (Å²) in [6.45, 7) is 4.43. The number of nitrogens with one attached hydrogen (secondary N) is 2. The third-order valence-corrected chi connectivity index (χ3v) is 5.12. The molecule has 2 amide bonds. The SMILES string of the molecule is COc1ccc(CCNC(=O)C2(C(=O)Nc3cc(C)ccc3C)CC2)cc1. The fourth-order valence-electron chi connectivity index (χ4n) is 3.08. The average Bonchev–Trinajstić information content (AvgIpc) is 3.47. The van der Waals surface area contributed by atoms with E-state index in [0.717, 1.165) is 28.1 Å². The van der Waals surface area contributed by atoms with Crippen molar-refractivity contribution in [3.05, 3.63) is 59.2 Å². The summed E-state index contributed by atoms with van der Waals surface area (Å²) in [5.74, 6) is 0.416. The van der Waals surface area contributed by atoms with E-state index in [0.29, 0.717) is 25.8 Å². The molecule has 2 aromatic rings. The Morgan fingerprint density at radius 2 is 1.74 bits per heavy atom. The summed E-state index contributed by atoms with van der Waals surface area (Å²) < 4.78 is 5.14. The molecule has 1 aliphatic carbocycles. The van der Waals surface area contributed by atoms with Gasteiger partial charge < -0.3 is 15.4 Å². The number of rotatable bonds is 7. The van der Waals surface area contributed by atoms with E-state index in [1.807, 2.05) is 56.3 Å². The minimum atomic E-state index is -0.921. The van der Waals surface area contributed by atoms with E-state index in [2.05, 4.69) is 10.6 Å². The molecule has 0 aromatic heterocycles. The van der Waals surface area contributed by atoms with E-state index in [1.165, 1.54) is 0 Å². The third kappa shape index (κ3) is 4.30. The number of methoxy groups -OCH3 is 1. The van der Waals surface area contributed by atoms with Crippen molar-refractivity contribution < 1.29 is 14.3 Å². The number of aryl methyl sites for hydroxylation is 2. The highest BCUT2D eigenvalue weighted by Gasteiger charge is 2.56. The molecule has 0 bridgehead atoms. The van der Waals surface area contributed by atoms with Crippen LogP contribution in [0.2, 0.25) is 0 Å². The number of benzene rings is 2. The summed E-state index contributed by atoms with van der Waals surface area (Å²) in [4.78, 5) is 25.3. The van der Waals surface area contributed by atoms with Gasteiger partial charge in [0, 0.05) is 12.2 Å². The fourth-order valence-corrected chi connectivity index (χ4v) is 3.08. The smallest absolute Gasteiger partial charge is 0.240 e. The number of anilines is 1. The summed E-state index contributed by atoms with van der Waals surface area (Å²) >= 11 is 0. The normalized spacial score (nSPS) is 14.3. The van der Waals surface area contributed by atoms with Crippen LogP contribution in [-0.2, 0) is 16.0 Å². The van der Waals surface area contributed by atoms with Crippen molar-refractivity contribution in [2.45, 2.75) is 33.1 Å². The van der Waals surface area contributed by atoms with Crippen molar-refractivity contribution in [2.75, 3.05) is 19.0 Å². The molecule has 0 atom stereocenters. The highest BCUT2D eigenvalue weighted by molar-refractivity contribution is 6.13. The lowest BCUT2D eigenvalue weighted by Gasteiger charge is -2.17. The van der Waals surface area contributed by atoms with Gasteiger partial charge in [0.15, 0.2) is 0 Å². The predicted molar refractivity (Wildman–Crippen MR) is 106 cm³/mol. The quantitative estimate of drug-likeness (QED) is 0.738. The second kappa shape index (κ2) is 7.82. The monoisotopic (exact) mass is 366 g/mol. The number of amides is 2. The van der Waals surface area contributed by atoms with Gasteiger partial charge in [-0.1, -0.05) is 24.3 Å². The van der Waals surface area contributed by atoms with Crippen LogP contribution in [0.3, 0.4) is 0 Å². The van der Waals surface area contributed by atoms with Crippen LogP contribution in [0.1, 0.15) is 29.5 Å². The van der Waals surface area contributed by atoms with Gasteiger partial charge >= 0.3 is 0 Å². The van der Waals surface area contributed by atoms with Crippen molar-refractivity contribution in [3.8, 4) is 5.75 Å². The van der Waals surface area contributed by atoms with E-state index >= 15 is 0 Å². The lowest BCUT2D eigenvalue weighted by Crippen LogP contribution is -2.40. The Balaban J connectivity index is 1.55. The van der Waals surface area contributed by atoms with Gasteiger partial charge in [0.05, 0.1) is 7.11 Å². The minimum absolute atomic E-state index is 0.182. The predicted octanol–water partition coefficient (Wildman–Crippen LogP) is 3.39. The van der Waals surface area contributed by atoms with Crippen LogP contribution in [0.5, 0.6) is 5.75 Å². The van der Waals surface area contributed by atoms with E-state index in [9.17, 15) is 9.59 Å². The summed E-state index contributed by atoms with van der Waals surface area (Å²) in [5.41, 5.74) is 3.03. The van der Waals surface area contributed by atoms with E-state index in [4.69, 9.17) is 4.74 Å². The number of carbonyl (C=O) groups is 2. The highest BCUT2D eigenvalue weighted by atomic mass is 16.5. The summed E-state index contributed by atoms with van der Waals surface area (Å²) in [7, 11) is 1.63. The number of hydrogen-bond acceptors (Lipinski definition) is 3. The van der Waals surface area contributed by atoms with Crippen LogP contribution in [0.4, 0.5) is 5.69 Å². The Morgan fingerprint density at radius 3 is 2.37 bits per heavy atom. The average molecular weight is 366 g/mol. The molecule has 142 valence electrons.